The number of oxazole rings is 1. The van der Waals surface area contributed by atoms with Crippen LogP contribution < -0.4 is 5.32 Å². The highest BCUT2D eigenvalue weighted by Crippen LogP contribution is 2.15. The van der Waals surface area contributed by atoms with Gasteiger partial charge in [0.1, 0.15) is 0 Å². The summed E-state index contributed by atoms with van der Waals surface area (Å²) in [4.78, 5) is 15.2. The lowest BCUT2D eigenvalue weighted by atomic mass is 10.2. The summed E-state index contributed by atoms with van der Waals surface area (Å²) >= 11 is 4.91. The third-order valence-corrected chi connectivity index (χ3v) is 3.08. The maximum atomic E-state index is 12.1. The number of carbonyl (C=O) groups excluding carboxylic acids is 1. The van der Waals surface area contributed by atoms with Gasteiger partial charge in [0.2, 0.25) is 0 Å². The van der Waals surface area contributed by atoms with Gasteiger partial charge in [-0.1, -0.05) is 0 Å². The van der Waals surface area contributed by atoms with Crippen molar-refractivity contribution in [2.75, 3.05) is 0 Å². The standard InChI is InChI=1S/C13H12N4O2S/c1-17-7-8(6-15-17)5-14-12(18)9-2-3-10-11(4-9)19-13(20)16-10/h2-4,6-7H,5H2,1H3,(H,14,18)(H,16,20). The van der Waals surface area contributed by atoms with E-state index < -0.39 is 0 Å². The molecule has 2 N–H and O–H groups in total. The van der Waals surface area contributed by atoms with E-state index in [2.05, 4.69) is 15.4 Å². The van der Waals surface area contributed by atoms with Crippen LogP contribution in [0.25, 0.3) is 11.1 Å². The monoisotopic (exact) mass is 288 g/mol. The molecule has 0 fully saturated rings. The number of H-pyrrole nitrogens is 1. The predicted octanol–water partition coefficient (Wildman–Crippen LogP) is 2.15. The summed E-state index contributed by atoms with van der Waals surface area (Å²) in [5, 5.41) is 6.88. The summed E-state index contributed by atoms with van der Waals surface area (Å²) in [6, 6.07) is 5.16. The van der Waals surface area contributed by atoms with Crippen LogP contribution in [0.4, 0.5) is 0 Å². The zero-order valence-electron chi connectivity index (χ0n) is 10.7. The van der Waals surface area contributed by atoms with E-state index in [9.17, 15) is 4.79 Å². The minimum Gasteiger partial charge on any atom is -0.429 e. The van der Waals surface area contributed by atoms with Crippen molar-refractivity contribution in [3.63, 3.8) is 0 Å². The molecule has 0 unspecified atom stereocenters. The zero-order chi connectivity index (χ0) is 14.1. The largest absolute Gasteiger partial charge is 0.429 e. The molecule has 3 aromatic rings. The van der Waals surface area contributed by atoms with Crippen molar-refractivity contribution in [1.29, 1.82) is 0 Å². The molecule has 0 atom stereocenters. The van der Waals surface area contributed by atoms with Gasteiger partial charge in [0, 0.05) is 30.9 Å². The Morgan fingerprint density at radius 1 is 1.55 bits per heavy atom. The third kappa shape index (κ3) is 2.48. The second kappa shape index (κ2) is 4.93. The summed E-state index contributed by atoms with van der Waals surface area (Å²) in [5.74, 6) is -0.168. The smallest absolute Gasteiger partial charge is 0.266 e. The molecule has 0 spiro atoms. The van der Waals surface area contributed by atoms with Crippen LogP contribution >= 0.6 is 12.2 Å². The predicted molar refractivity (Wildman–Crippen MR) is 75.8 cm³/mol. The van der Waals surface area contributed by atoms with Crippen molar-refractivity contribution in [3.05, 3.63) is 46.6 Å². The van der Waals surface area contributed by atoms with Crippen molar-refractivity contribution < 1.29 is 9.21 Å². The van der Waals surface area contributed by atoms with E-state index in [1.54, 1.807) is 29.1 Å². The number of aryl methyl sites for hydroxylation is 1. The maximum Gasteiger partial charge on any atom is 0.266 e. The summed E-state index contributed by atoms with van der Waals surface area (Å²) < 4.78 is 6.98. The molecule has 1 amide bonds. The van der Waals surface area contributed by atoms with Crippen molar-refractivity contribution >= 4 is 29.2 Å². The molecule has 0 radical (unpaired) electrons. The van der Waals surface area contributed by atoms with Crippen LogP contribution in [0.5, 0.6) is 0 Å². The molecule has 2 aromatic heterocycles. The van der Waals surface area contributed by atoms with Gasteiger partial charge in [0.25, 0.3) is 10.7 Å². The lowest BCUT2D eigenvalue weighted by Crippen LogP contribution is -2.22. The lowest BCUT2D eigenvalue weighted by Gasteiger charge is -2.03. The fraction of sp³-hybridized carbons (Fsp3) is 0.154. The summed E-state index contributed by atoms with van der Waals surface area (Å²) in [6.07, 6.45) is 3.57. The Kier molecular flexibility index (Phi) is 3.11. The molecule has 0 saturated carbocycles. The highest BCUT2D eigenvalue weighted by atomic mass is 32.1. The molecule has 0 aliphatic rings. The zero-order valence-corrected chi connectivity index (χ0v) is 11.5. The molecule has 2 heterocycles. The van der Waals surface area contributed by atoms with E-state index in [-0.39, 0.29) is 5.91 Å². The number of fused-ring (bicyclic) bond motifs is 1. The minimum absolute atomic E-state index is 0.168. The fourth-order valence-electron chi connectivity index (χ4n) is 1.93. The van der Waals surface area contributed by atoms with Crippen LogP contribution in [-0.4, -0.2) is 20.7 Å². The van der Waals surface area contributed by atoms with E-state index in [1.807, 2.05) is 13.2 Å². The third-order valence-electron chi connectivity index (χ3n) is 2.89. The Bertz CT molecular complexity index is 830. The van der Waals surface area contributed by atoms with Crippen molar-refractivity contribution in [2.24, 2.45) is 7.05 Å². The van der Waals surface area contributed by atoms with Gasteiger partial charge in [0.15, 0.2) is 5.58 Å². The van der Waals surface area contributed by atoms with Gasteiger partial charge in [0.05, 0.1) is 11.7 Å². The van der Waals surface area contributed by atoms with Crippen molar-refractivity contribution in [2.45, 2.75) is 6.54 Å². The quantitative estimate of drug-likeness (QED) is 0.724. The van der Waals surface area contributed by atoms with Gasteiger partial charge in [-0.25, -0.2) is 0 Å². The molecule has 0 aliphatic heterocycles. The molecule has 7 heteroatoms. The van der Waals surface area contributed by atoms with Gasteiger partial charge in [-0.2, -0.15) is 5.10 Å². The summed E-state index contributed by atoms with van der Waals surface area (Å²) in [6.45, 7) is 0.432. The first-order valence-corrected chi connectivity index (χ1v) is 6.41. The van der Waals surface area contributed by atoms with Crippen LogP contribution in [0, 0.1) is 4.84 Å². The SMILES string of the molecule is Cn1cc(CNC(=O)c2ccc3[nH]c(=S)oc3c2)cn1. The fourth-order valence-corrected chi connectivity index (χ4v) is 2.13. The van der Waals surface area contributed by atoms with Crippen LogP contribution in [0.15, 0.2) is 35.0 Å². The van der Waals surface area contributed by atoms with Gasteiger partial charge in [-0.05, 0) is 30.4 Å². The van der Waals surface area contributed by atoms with E-state index in [0.29, 0.717) is 22.5 Å². The second-order valence-electron chi connectivity index (χ2n) is 4.43. The number of aromatic nitrogens is 3. The number of hydrogen-bond donors (Lipinski definition) is 2. The summed E-state index contributed by atoms with van der Waals surface area (Å²) in [5.41, 5.74) is 2.82. The van der Waals surface area contributed by atoms with Crippen LogP contribution in [-0.2, 0) is 13.6 Å². The molecule has 6 nitrogen and oxygen atoms in total. The van der Waals surface area contributed by atoms with Crippen molar-refractivity contribution in [3.8, 4) is 0 Å². The van der Waals surface area contributed by atoms with Gasteiger partial charge >= 0.3 is 0 Å². The molecule has 102 valence electrons. The first kappa shape index (κ1) is 12.6. The molecule has 0 bridgehead atoms. The molecule has 3 rings (SSSR count). The topological polar surface area (TPSA) is 75.8 Å². The highest BCUT2D eigenvalue weighted by molar-refractivity contribution is 7.71. The normalized spacial score (nSPS) is 10.8. The van der Waals surface area contributed by atoms with Gasteiger partial charge in [-0.15, -0.1) is 0 Å². The molecular formula is C13H12N4O2S. The number of nitrogens with zero attached hydrogens (tertiary/aromatic N) is 2. The van der Waals surface area contributed by atoms with Gasteiger partial charge in [-0.3, -0.25) is 9.48 Å². The number of hydrogen-bond acceptors (Lipinski definition) is 4. The number of rotatable bonds is 3. The molecule has 0 saturated heterocycles. The van der Waals surface area contributed by atoms with E-state index in [4.69, 9.17) is 16.6 Å². The number of amides is 1. The Labute approximate surface area is 119 Å². The van der Waals surface area contributed by atoms with Crippen molar-refractivity contribution in [1.82, 2.24) is 20.1 Å². The van der Waals surface area contributed by atoms with E-state index >= 15 is 0 Å². The Balaban J connectivity index is 1.76. The van der Waals surface area contributed by atoms with Crippen LogP contribution in [0.3, 0.4) is 0 Å². The van der Waals surface area contributed by atoms with Crippen LogP contribution in [0.1, 0.15) is 15.9 Å². The average Bonchev–Trinajstić information content (AvgIpc) is 2.99. The molecular weight excluding hydrogens is 276 g/mol. The Morgan fingerprint density at radius 3 is 3.15 bits per heavy atom. The Hall–Kier alpha value is -2.41. The van der Waals surface area contributed by atoms with Gasteiger partial charge < -0.3 is 14.7 Å². The molecule has 1 aromatic carbocycles. The number of carbonyl (C=O) groups is 1. The number of aromatic amines is 1. The first-order chi connectivity index (χ1) is 9.61. The van der Waals surface area contributed by atoms with E-state index in [0.717, 1.165) is 11.1 Å². The number of benzene rings is 1. The minimum atomic E-state index is -0.168. The average molecular weight is 288 g/mol. The number of nitrogens with one attached hydrogen (secondary N) is 2. The molecule has 0 aliphatic carbocycles. The maximum absolute atomic E-state index is 12.1. The van der Waals surface area contributed by atoms with Crippen LogP contribution in [0.2, 0.25) is 0 Å². The second-order valence-corrected chi connectivity index (χ2v) is 4.80. The molecule has 20 heavy (non-hydrogen) atoms. The highest BCUT2D eigenvalue weighted by Gasteiger charge is 2.08. The summed E-state index contributed by atoms with van der Waals surface area (Å²) in [7, 11) is 1.83. The lowest BCUT2D eigenvalue weighted by molar-refractivity contribution is 0.0951. The first-order valence-electron chi connectivity index (χ1n) is 6.00. The van der Waals surface area contributed by atoms with E-state index in [1.165, 1.54) is 0 Å². The Morgan fingerprint density at radius 2 is 2.40 bits per heavy atom.